The van der Waals surface area contributed by atoms with E-state index < -0.39 is 20.8 Å². The molecule has 28 heavy (non-hydrogen) atoms. The first-order chi connectivity index (χ1) is 13.4. The van der Waals surface area contributed by atoms with Gasteiger partial charge in [-0.3, -0.25) is 4.55 Å². The zero-order valence-electron chi connectivity index (χ0n) is 16.6. The van der Waals surface area contributed by atoms with Crippen molar-refractivity contribution in [3.8, 4) is 0 Å². The summed E-state index contributed by atoms with van der Waals surface area (Å²) in [6.45, 7) is 0. The van der Waals surface area contributed by atoms with E-state index in [-0.39, 0.29) is 7.92 Å². The third-order valence-corrected chi connectivity index (χ3v) is 12.1. The minimum atomic E-state index is -4.52. The van der Waals surface area contributed by atoms with E-state index in [1.165, 1.54) is 70.3 Å². The summed E-state index contributed by atoms with van der Waals surface area (Å²) in [5.41, 5.74) is 3.62. The van der Waals surface area contributed by atoms with Crippen LogP contribution in [0.25, 0.3) is 0 Å². The van der Waals surface area contributed by atoms with Crippen LogP contribution in [0.1, 0.15) is 81.8 Å². The van der Waals surface area contributed by atoms with Gasteiger partial charge in [-0.2, -0.15) is 8.42 Å². The first kappa shape index (κ1) is 20.8. The minimum absolute atomic E-state index is 0.168. The largest absolute Gasteiger partial charge is 0.297 e. The first-order valence-electron chi connectivity index (χ1n) is 11.0. The quantitative estimate of drug-likeness (QED) is 0.469. The van der Waals surface area contributed by atoms with Crippen molar-refractivity contribution in [3.63, 3.8) is 0 Å². The van der Waals surface area contributed by atoms with Crippen LogP contribution in [0.5, 0.6) is 0 Å². The second-order valence-electron chi connectivity index (χ2n) is 8.92. The second kappa shape index (κ2) is 8.70. The van der Waals surface area contributed by atoms with Gasteiger partial charge >= 0.3 is 0 Å². The van der Waals surface area contributed by atoms with Crippen LogP contribution in [-0.2, 0) is 23.0 Å². The molecular formula is C22H32FO3PS. The maximum absolute atomic E-state index is 15.0. The fourth-order valence-electron chi connectivity index (χ4n) is 5.86. The molecule has 1 N–H and O–H groups in total. The molecule has 0 saturated heterocycles. The maximum atomic E-state index is 15.0. The van der Waals surface area contributed by atoms with Gasteiger partial charge < -0.3 is 0 Å². The van der Waals surface area contributed by atoms with Crippen LogP contribution in [0.15, 0.2) is 17.0 Å². The molecule has 0 bridgehead atoms. The third-order valence-electron chi connectivity index (χ3n) is 7.18. The van der Waals surface area contributed by atoms with E-state index in [2.05, 4.69) is 0 Å². The van der Waals surface area contributed by atoms with E-state index in [1.807, 2.05) is 0 Å². The Balaban J connectivity index is 1.64. The Morgan fingerprint density at radius 2 is 1.43 bits per heavy atom. The van der Waals surface area contributed by atoms with Crippen LogP contribution in [0.4, 0.5) is 4.39 Å². The number of hydrogen-bond donors (Lipinski definition) is 1. The zero-order valence-corrected chi connectivity index (χ0v) is 18.3. The summed E-state index contributed by atoms with van der Waals surface area (Å²) >= 11 is 0. The molecule has 6 heteroatoms. The molecule has 1 atom stereocenters. The van der Waals surface area contributed by atoms with Crippen LogP contribution in [0.2, 0.25) is 0 Å². The molecule has 0 radical (unpaired) electrons. The van der Waals surface area contributed by atoms with Crippen molar-refractivity contribution in [1.82, 2.24) is 0 Å². The molecule has 1 unspecified atom stereocenters. The van der Waals surface area contributed by atoms with Gasteiger partial charge in [0.25, 0.3) is 10.1 Å². The van der Waals surface area contributed by atoms with Gasteiger partial charge in [-0.05, 0) is 79.1 Å². The summed E-state index contributed by atoms with van der Waals surface area (Å²) in [6, 6.07) is 2.94. The smallest absolute Gasteiger partial charge is 0.282 e. The number of hydrogen-bond acceptors (Lipinski definition) is 2. The van der Waals surface area contributed by atoms with Crippen LogP contribution < -0.4 is 0 Å². The van der Waals surface area contributed by atoms with Crippen molar-refractivity contribution in [2.45, 2.75) is 105 Å². The molecule has 3 aliphatic rings. The maximum Gasteiger partial charge on any atom is 0.297 e. The molecule has 2 saturated carbocycles. The molecule has 3 nitrogen and oxygen atoms in total. The lowest BCUT2D eigenvalue weighted by Crippen LogP contribution is -2.30. The molecule has 0 heterocycles. The first-order valence-corrected chi connectivity index (χ1v) is 14.0. The van der Waals surface area contributed by atoms with E-state index in [4.69, 9.17) is 0 Å². The normalized spacial score (nSPS) is 25.0. The van der Waals surface area contributed by atoms with Gasteiger partial charge in [0.05, 0.1) is 0 Å². The summed E-state index contributed by atoms with van der Waals surface area (Å²) in [6.07, 6.45) is 16.0. The van der Waals surface area contributed by atoms with Gasteiger partial charge in [-0.15, -0.1) is 0 Å². The number of rotatable bonds is 4. The highest BCUT2D eigenvalue weighted by atomic mass is 32.2. The van der Waals surface area contributed by atoms with Gasteiger partial charge in [-0.1, -0.05) is 52.5 Å². The van der Waals surface area contributed by atoms with E-state index >= 15 is 4.39 Å². The average molecular weight is 427 g/mol. The van der Waals surface area contributed by atoms with E-state index in [1.54, 1.807) is 6.07 Å². The standard InChI is InChI=1S/C22H32FO3PS/c23-22-20-15-19(13-11-16(20)12-14-21(22)28(24,25)26)27(17-7-3-1-4-8-17)18-9-5-2-6-10-18/h12,14,17-19H,1-11,13,15H2,(H,24,25,26). The van der Waals surface area contributed by atoms with Gasteiger partial charge in [0.1, 0.15) is 10.7 Å². The summed E-state index contributed by atoms with van der Waals surface area (Å²) in [7, 11) is -4.68. The number of aryl methyl sites for hydroxylation is 1. The zero-order chi connectivity index (χ0) is 19.7. The van der Waals surface area contributed by atoms with E-state index in [0.29, 0.717) is 17.6 Å². The highest BCUT2D eigenvalue weighted by Gasteiger charge is 2.38. The molecule has 3 aliphatic carbocycles. The van der Waals surface area contributed by atoms with Crippen LogP contribution in [0, 0.1) is 5.82 Å². The van der Waals surface area contributed by atoms with Crippen molar-refractivity contribution < 1.29 is 17.4 Å². The van der Waals surface area contributed by atoms with Gasteiger partial charge in [0.2, 0.25) is 0 Å². The van der Waals surface area contributed by atoms with Gasteiger partial charge in [0.15, 0.2) is 0 Å². The predicted octanol–water partition coefficient (Wildman–Crippen LogP) is 6.08. The number of benzene rings is 1. The lowest BCUT2D eigenvalue weighted by Gasteiger charge is -2.44. The molecule has 156 valence electrons. The summed E-state index contributed by atoms with van der Waals surface area (Å²) in [4.78, 5) is -0.549. The van der Waals surface area contributed by atoms with Crippen molar-refractivity contribution in [2.75, 3.05) is 0 Å². The molecule has 0 spiro atoms. The summed E-state index contributed by atoms with van der Waals surface area (Å²) < 4.78 is 47.6. The number of halogens is 1. The molecular weight excluding hydrogens is 394 g/mol. The fourth-order valence-corrected chi connectivity index (χ4v) is 11.0. The van der Waals surface area contributed by atoms with Crippen molar-refractivity contribution in [2.24, 2.45) is 0 Å². The topological polar surface area (TPSA) is 54.4 Å². The van der Waals surface area contributed by atoms with E-state index in [0.717, 1.165) is 29.7 Å². The molecule has 4 rings (SSSR count). The Bertz CT molecular complexity index is 780. The van der Waals surface area contributed by atoms with Gasteiger partial charge in [0, 0.05) is 0 Å². The Morgan fingerprint density at radius 3 is 1.96 bits per heavy atom. The predicted molar refractivity (Wildman–Crippen MR) is 113 cm³/mol. The van der Waals surface area contributed by atoms with Crippen molar-refractivity contribution in [1.29, 1.82) is 0 Å². The molecule has 1 aromatic rings. The molecule has 0 aromatic heterocycles. The molecule has 0 aliphatic heterocycles. The molecule has 1 aromatic carbocycles. The minimum Gasteiger partial charge on any atom is -0.282 e. The van der Waals surface area contributed by atoms with Crippen molar-refractivity contribution >= 4 is 18.0 Å². The summed E-state index contributed by atoms with van der Waals surface area (Å²) in [5, 5.41) is 0. The van der Waals surface area contributed by atoms with Crippen molar-refractivity contribution in [3.05, 3.63) is 29.1 Å². The fraction of sp³-hybridized carbons (Fsp3) is 0.727. The van der Waals surface area contributed by atoms with Gasteiger partial charge in [-0.25, -0.2) is 4.39 Å². The van der Waals surface area contributed by atoms with Crippen LogP contribution in [-0.4, -0.2) is 29.9 Å². The SMILES string of the molecule is O=S(=O)(O)c1ccc2c(c1F)CC(P(C1CCCCC1)C1CCCCC1)CC2. The Morgan fingerprint density at radius 1 is 0.857 bits per heavy atom. The third kappa shape index (κ3) is 4.32. The second-order valence-corrected chi connectivity index (χ2v) is 13.4. The molecule has 2 fully saturated rings. The lowest BCUT2D eigenvalue weighted by atomic mass is 9.91. The van der Waals surface area contributed by atoms with Crippen LogP contribution >= 0.6 is 7.92 Å². The van der Waals surface area contributed by atoms with E-state index in [9.17, 15) is 13.0 Å². The Labute approximate surface area is 170 Å². The molecule has 0 amide bonds. The monoisotopic (exact) mass is 426 g/mol. The number of fused-ring (bicyclic) bond motifs is 1. The summed E-state index contributed by atoms with van der Waals surface area (Å²) in [5.74, 6) is -0.702. The van der Waals surface area contributed by atoms with Crippen LogP contribution in [0.3, 0.4) is 0 Å². The lowest BCUT2D eigenvalue weighted by molar-refractivity contribution is 0.467. The Hall–Kier alpha value is -0.510. The highest BCUT2D eigenvalue weighted by molar-refractivity contribution is 7.85. The average Bonchev–Trinajstić information content (AvgIpc) is 2.69. The Kier molecular flexibility index (Phi) is 6.44. The highest BCUT2D eigenvalue weighted by Crippen LogP contribution is 2.61.